The molecule has 0 unspecified atom stereocenters. The van der Waals surface area contributed by atoms with Crippen molar-refractivity contribution in [2.75, 3.05) is 39.2 Å². The van der Waals surface area contributed by atoms with Gasteiger partial charge in [-0.2, -0.15) is 0 Å². The van der Waals surface area contributed by atoms with Gasteiger partial charge in [0, 0.05) is 11.6 Å². The number of anilines is 1. The molecule has 0 aliphatic carbocycles. The number of amides is 1. The molecular formula is C21H23Cl2N3O2S. The standard InChI is InChI=1S/C21H23Cl2N3O2S/c1-13-6-9-17(28-4)18-19(13)29-21(24-18)26(11-5-10-25(2)3)20(27)15-12-14(22)7-8-16(15)23/h6-9,12H,5,10-11H2,1-4H3. The number of nitrogens with zero attached hydrogens (tertiary/aromatic N) is 3. The van der Waals surface area contributed by atoms with E-state index in [1.54, 1.807) is 30.2 Å². The highest BCUT2D eigenvalue weighted by atomic mass is 35.5. The van der Waals surface area contributed by atoms with Crippen LogP contribution in [0.4, 0.5) is 5.13 Å². The van der Waals surface area contributed by atoms with Gasteiger partial charge in [-0.05, 0) is 63.8 Å². The first-order chi connectivity index (χ1) is 13.8. The number of hydrogen-bond acceptors (Lipinski definition) is 5. The largest absolute Gasteiger partial charge is 0.494 e. The number of aryl methyl sites for hydroxylation is 1. The molecule has 0 radical (unpaired) electrons. The number of carbonyl (C=O) groups excluding carboxylic acids is 1. The van der Waals surface area contributed by atoms with Crippen LogP contribution in [0, 0.1) is 6.92 Å². The highest BCUT2D eigenvalue weighted by Gasteiger charge is 2.24. The van der Waals surface area contributed by atoms with Crippen LogP contribution in [0.15, 0.2) is 30.3 Å². The van der Waals surface area contributed by atoms with E-state index in [0.717, 1.165) is 28.7 Å². The van der Waals surface area contributed by atoms with Crippen LogP contribution in [0.5, 0.6) is 5.75 Å². The number of fused-ring (bicyclic) bond motifs is 1. The molecule has 0 saturated carbocycles. The van der Waals surface area contributed by atoms with Gasteiger partial charge >= 0.3 is 0 Å². The van der Waals surface area contributed by atoms with E-state index in [2.05, 4.69) is 4.90 Å². The normalized spacial score (nSPS) is 11.3. The second kappa shape index (κ2) is 9.30. The van der Waals surface area contributed by atoms with Gasteiger partial charge in [0.25, 0.3) is 5.91 Å². The predicted octanol–water partition coefficient (Wildman–Crippen LogP) is 5.52. The van der Waals surface area contributed by atoms with E-state index in [1.807, 2.05) is 33.2 Å². The third-order valence-electron chi connectivity index (χ3n) is 4.53. The Bertz CT molecular complexity index is 1040. The lowest BCUT2D eigenvalue weighted by Gasteiger charge is -2.21. The van der Waals surface area contributed by atoms with Crippen LogP contribution in [0.25, 0.3) is 10.2 Å². The Labute approximate surface area is 184 Å². The summed E-state index contributed by atoms with van der Waals surface area (Å²) in [6, 6.07) is 8.80. The lowest BCUT2D eigenvalue weighted by Crippen LogP contribution is -2.33. The summed E-state index contributed by atoms with van der Waals surface area (Å²) in [5.41, 5.74) is 2.22. The predicted molar refractivity (Wildman–Crippen MR) is 122 cm³/mol. The molecular weight excluding hydrogens is 429 g/mol. The van der Waals surface area contributed by atoms with Crippen LogP contribution in [0.2, 0.25) is 10.0 Å². The van der Waals surface area contributed by atoms with Crippen LogP contribution in [0.3, 0.4) is 0 Å². The maximum Gasteiger partial charge on any atom is 0.261 e. The van der Waals surface area contributed by atoms with Crippen molar-refractivity contribution in [1.82, 2.24) is 9.88 Å². The van der Waals surface area contributed by atoms with E-state index in [4.69, 9.17) is 32.9 Å². The minimum atomic E-state index is -0.216. The summed E-state index contributed by atoms with van der Waals surface area (Å²) >= 11 is 13.9. The van der Waals surface area contributed by atoms with Crippen LogP contribution in [0.1, 0.15) is 22.3 Å². The summed E-state index contributed by atoms with van der Waals surface area (Å²) < 4.78 is 6.47. The molecule has 3 aromatic rings. The maximum atomic E-state index is 13.4. The van der Waals surface area contributed by atoms with E-state index >= 15 is 0 Å². The van der Waals surface area contributed by atoms with Crippen LogP contribution < -0.4 is 9.64 Å². The summed E-state index contributed by atoms with van der Waals surface area (Å²) in [5, 5.41) is 1.45. The van der Waals surface area contributed by atoms with E-state index in [-0.39, 0.29) is 5.91 Å². The van der Waals surface area contributed by atoms with Gasteiger partial charge in [-0.1, -0.05) is 40.6 Å². The number of benzene rings is 2. The van der Waals surface area contributed by atoms with Crippen LogP contribution in [-0.2, 0) is 0 Å². The zero-order valence-electron chi connectivity index (χ0n) is 16.8. The van der Waals surface area contributed by atoms with Gasteiger partial charge in [0.15, 0.2) is 5.13 Å². The van der Waals surface area contributed by atoms with Gasteiger partial charge in [0.05, 0.1) is 22.4 Å². The lowest BCUT2D eigenvalue weighted by molar-refractivity contribution is 0.0986. The summed E-state index contributed by atoms with van der Waals surface area (Å²) in [6.07, 6.45) is 0.795. The monoisotopic (exact) mass is 451 g/mol. The zero-order valence-corrected chi connectivity index (χ0v) is 19.2. The SMILES string of the molecule is COc1ccc(C)c2sc(N(CCCN(C)C)C(=O)c3cc(Cl)ccc3Cl)nc12. The zero-order chi connectivity index (χ0) is 21.1. The van der Waals surface area contributed by atoms with E-state index in [1.165, 1.54) is 11.3 Å². The number of carbonyl (C=O) groups is 1. The van der Waals surface area contributed by atoms with E-state index in [9.17, 15) is 4.79 Å². The minimum absolute atomic E-state index is 0.216. The Balaban J connectivity index is 2.05. The molecule has 5 nitrogen and oxygen atoms in total. The highest BCUT2D eigenvalue weighted by Crippen LogP contribution is 2.37. The fraction of sp³-hybridized carbons (Fsp3) is 0.333. The number of halogens is 2. The molecule has 2 aromatic carbocycles. The Morgan fingerprint density at radius 1 is 1.17 bits per heavy atom. The number of aromatic nitrogens is 1. The van der Waals surface area contributed by atoms with Crippen molar-refractivity contribution < 1.29 is 9.53 Å². The molecule has 154 valence electrons. The maximum absolute atomic E-state index is 13.4. The first kappa shape index (κ1) is 21.8. The van der Waals surface area contributed by atoms with Crippen molar-refractivity contribution in [3.8, 4) is 5.75 Å². The third kappa shape index (κ3) is 4.83. The first-order valence-corrected chi connectivity index (χ1v) is 10.7. The Kier molecular flexibility index (Phi) is 7.01. The molecule has 0 aliphatic heterocycles. The molecule has 0 saturated heterocycles. The summed E-state index contributed by atoms with van der Waals surface area (Å²) in [5.74, 6) is 0.474. The summed E-state index contributed by atoms with van der Waals surface area (Å²) in [6.45, 7) is 3.39. The fourth-order valence-electron chi connectivity index (χ4n) is 3.01. The molecule has 29 heavy (non-hydrogen) atoms. The van der Waals surface area contributed by atoms with Gasteiger partial charge < -0.3 is 9.64 Å². The minimum Gasteiger partial charge on any atom is -0.494 e. The molecule has 0 spiro atoms. The Morgan fingerprint density at radius 3 is 2.62 bits per heavy atom. The Hall–Kier alpha value is -1.86. The summed E-state index contributed by atoms with van der Waals surface area (Å²) in [4.78, 5) is 21.9. The number of thiazole rings is 1. The van der Waals surface area contributed by atoms with Crippen molar-refractivity contribution in [3.05, 3.63) is 51.5 Å². The molecule has 1 amide bonds. The van der Waals surface area contributed by atoms with E-state index in [0.29, 0.717) is 33.0 Å². The molecule has 0 bridgehead atoms. The average molecular weight is 452 g/mol. The molecule has 0 aliphatic rings. The topological polar surface area (TPSA) is 45.7 Å². The first-order valence-electron chi connectivity index (χ1n) is 9.17. The molecule has 0 N–H and O–H groups in total. The number of methoxy groups -OCH3 is 1. The van der Waals surface area contributed by atoms with Crippen LogP contribution >= 0.6 is 34.5 Å². The number of hydrogen-bond donors (Lipinski definition) is 0. The summed E-state index contributed by atoms with van der Waals surface area (Å²) in [7, 11) is 5.63. The molecule has 1 heterocycles. The van der Waals surface area contributed by atoms with Crippen molar-refractivity contribution >= 4 is 55.8 Å². The lowest BCUT2D eigenvalue weighted by atomic mass is 10.2. The fourth-order valence-corrected chi connectivity index (χ4v) is 4.46. The van der Waals surface area contributed by atoms with Crippen molar-refractivity contribution in [2.24, 2.45) is 0 Å². The van der Waals surface area contributed by atoms with E-state index < -0.39 is 0 Å². The Morgan fingerprint density at radius 2 is 1.93 bits per heavy atom. The number of rotatable bonds is 7. The van der Waals surface area contributed by atoms with Gasteiger partial charge in [0.1, 0.15) is 11.3 Å². The van der Waals surface area contributed by atoms with Gasteiger partial charge in [-0.3, -0.25) is 9.69 Å². The second-order valence-corrected chi connectivity index (χ2v) is 8.82. The quantitative estimate of drug-likeness (QED) is 0.474. The second-order valence-electron chi connectivity index (χ2n) is 7.00. The molecule has 3 rings (SSSR count). The molecule has 8 heteroatoms. The van der Waals surface area contributed by atoms with Crippen molar-refractivity contribution in [2.45, 2.75) is 13.3 Å². The molecule has 0 atom stereocenters. The molecule has 1 aromatic heterocycles. The van der Waals surface area contributed by atoms with Gasteiger partial charge in [0.2, 0.25) is 0 Å². The van der Waals surface area contributed by atoms with Crippen LogP contribution in [-0.4, -0.2) is 50.1 Å². The average Bonchev–Trinajstić information content (AvgIpc) is 3.13. The molecule has 0 fully saturated rings. The van der Waals surface area contributed by atoms with Gasteiger partial charge in [-0.25, -0.2) is 4.98 Å². The van der Waals surface area contributed by atoms with Crippen molar-refractivity contribution in [1.29, 1.82) is 0 Å². The smallest absolute Gasteiger partial charge is 0.261 e. The number of ether oxygens (including phenoxy) is 1. The van der Waals surface area contributed by atoms with Gasteiger partial charge in [-0.15, -0.1) is 0 Å². The highest BCUT2D eigenvalue weighted by molar-refractivity contribution is 7.22. The van der Waals surface area contributed by atoms with Crippen molar-refractivity contribution in [3.63, 3.8) is 0 Å². The third-order valence-corrected chi connectivity index (χ3v) is 6.31.